The lowest BCUT2D eigenvalue weighted by Gasteiger charge is -2.23. The summed E-state index contributed by atoms with van der Waals surface area (Å²) in [5.74, 6) is -3.67. The summed E-state index contributed by atoms with van der Waals surface area (Å²) < 4.78 is 0. The second-order valence-corrected chi connectivity index (χ2v) is 12.8. The van der Waals surface area contributed by atoms with Crippen LogP contribution in [0.2, 0.25) is 0 Å². The number of rotatable bonds is 12. The lowest BCUT2D eigenvalue weighted by molar-refractivity contribution is -0.137. The van der Waals surface area contributed by atoms with E-state index in [0.29, 0.717) is 22.3 Å². The van der Waals surface area contributed by atoms with E-state index in [1.54, 1.807) is 97.1 Å². The number of hydrogen-bond acceptors (Lipinski definition) is 12. The van der Waals surface area contributed by atoms with Crippen molar-refractivity contribution < 1.29 is 60.0 Å². The minimum Gasteiger partial charge on any atom is -0.480 e. The van der Waals surface area contributed by atoms with Gasteiger partial charge in [-0.15, -0.1) is 0 Å². The van der Waals surface area contributed by atoms with Gasteiger partial charge in [-0.2, -0.15) is 50.5 Å². The Morgan fingerprint density at radius 1 is 0.377 bits per heavy atom. The molecule has 0 heterocycles. The molecule has 0 aliphatic rings. The molecule has 288 valence electrons. The average molecular weight is 809 g/mol. The van der Waals surface area contributed by atoms with Crippen molar-refractivity contribution in [2.24, 2.45) is 5.41 Å². The Morgan fingerprint density at radius 2 is 0.528 bits per heavy atom. The van der Waals surface area contributed by atoms with Gasteiger partial charge in [0, 0.05) is 0 Å². The minimum atomic E-state index is -1.11. The molecule has 16 heteroatoms. The van der Waals surface area contributed by atoms with Crippen LogP contribution in [0, 0.1) is 5.41 Å². The summed E-state index contributed by atoms with van der Waals surface area (Å²) in [5, 5.41) is 65.4. The highest BCUT2D eigenvalue weighted by atomic mass is 32.1. The molecule has 4 atom stereocenters. The van der Waals surface area contributed by atoms with Crippen molar-refractivity contribution in [3.05, 3.63) is 144 Å². The first-order valence-corrected chi connectivity index (χ1v) is 17.4. The molecule has 0 saturated heterocycles. The summed E-state index contributed by atoms with van der Waals surface area (Å²) in [6, 6.07) is 35.6. The number of hydrogen-bond donors (Lipinski definition) is 12. The van der Waals surface area contributed by atoms with Crippen LogP contribution in [-0.4, -0.2) is 91.2 Å². The van der Waals surface area contributed by atoms with Crippen LogP contribution in [0.25, 0.3) is 0 Å². The van der Waals surface area contributed by atoms with E-state index in [1.807, 2.05) is 24.3 Å². The van der Waals surface area contributed by atoms with Crippen molar-refractivity contribution in [2.45, 2.75) is 21.0 Å². The summed E-state index contributed by atoms with van der Waals surface area (Å²) >= 11 is 15.7. The van der Waals surface area contributed by atoms with Gasteiger partial charge in [0.1, 0.15) is 21.0 Å². The summed E-state index contributed by atoms with van der Waals surface area (Å²) in [7, 11) is 0. The third-order valence-corrected chi connectivity index (χ3v) is 8.81. The van der Waals surface area contributed by atoms with E-state index >= 15 is 0 Å². The average Bonchev–Trinajstić information content (AvgIpc) is 3.20. The molecule has 4 rings (SSSR count). The minimum absolute atomic E-state index is 0.406. The predicted molar refractivity (Wildman–Crippen MR) is 214 cm³/mol. The van der Waals surface area contributed by atoms with Crippen molar-refractivity contribution in [1.29, 1.82) is 0 Å². The summed E-state index contributed by atoms with van der Waals surface area (Å²) in [4.78, 5) is 41.7. The van der Waals surface area contributed by atoms with Gasteiger partial charge >= 0.3 is 23.9 Å². The van der Waals surface area contributed by atoms with Gasteiger partial charge < -0.3 is 40.9 Å². The Labute approximate surface area is 329 Å². The number of aliphatic hydroxyl groups excluding tert-OH is 4. The lowest BCUT2D eigenvalue weighted by Crippen LogP contribution is -2.37. The molecule has 0 aliphatic carbocycles. The van der Waals surface area contributed by atoms with Crippen LogP contribution in [-0.2, 0) is 19.2 Å². The zero-order valence-electron chi connectivity index (χ0n) is 28.2. The van der Waals surface area contributed by atoms with Crippen molar-refractivity contribution in [3.63, 3.8) is 0 Å². The quantitative estimate of drug-likeness (QED) is 0.0858. The van der Waals surface area contributed by atoms with Gasteiger partial charge in [0.25, 0.3) is 0 Å². The van der Waals surface area contributed by atoms with Gasteiger partial charge in [-0.3, -0.25) is 19.2 Å². The molecule has 0 aromatic heterocycles. The fraction of sp³-hybridized carbons (Fsp3) is 0.243. The monoisotopic (exact) mass is 808 g/mol. The van der Waals surface area contributed by atoms with Gasteiger partial charge in [0.15, 0.2) is 0 Å². The number of carbonyl (C=O) groups is 4. The highest BCUT2D eigenvalue weighted by Gasteiger charge is 2.26. The number of aliphatic carboxylic acids is 4. The maximum Gasteiger partial charge on any atom is 0.320 e. The first-order valence-electron chi connectivity index (χ1n) is 15.4. The van der Waals surface area contributed by atoms with E-state index in [-0.39, 0.29) is 0 Å². The molecular weight excluding hydrogens is 765 g/mol. The number of benzene rings is 4. The van der Waals surface area contributed by atoms with Crippen LogP contribution in [0.3, 0.4) is 0 Å². The zero-order valence-corrected chi connectivity index (χ0v) is 31.8. The second-order valence-electron chi connectivity index (χ2n) is 10.7. The van der Waals surface area contributed by atoms with Crippen LogP contribution >= 0.6 is 50.5 Å². The predicted octanol–water partition coefficient (Wildman–Crippen LogP) is 4.91. The van der Waals surface area contributed by atoms with Crippen molar-refractivity contribution in [1.82, 2.24) is 0 Å². The van der Waals surface area contributed by atoms with Crippen molar-refractivity contribution in [3.8, 4) is 0 Å². The smallest absolute Gasteiger partial charge is 0.320 e. The van der Waals surface area contributed by atoms with Gasteiger partial charge in [-0.1, -0.05) is 121 Å². The molecule has 0 aliphatic heterocycles. The standard InChI is InChI=1S/4C8H8O2S.C5H12O4/c4*9-8(10)7(11)6-4-2-1-3-5-6;6-1-5(2-7,3-8)4-9/h4*1-5,7,11H,(H,9,10);6-9H,1-4H2. The second kappa shape index (κ2) is 27.6. The molecule has 4 aromatic carbocycles. The third-order valence-electron chi connectivity index (χ3n) is 6.74. The highest BCUT2D eigenvalue weighted by Crippen LogP contribution is 2.21. The van der Waals surface area contributed by atoms with Gasteiger partial charge in [-0.05, 0) is 22.3 Å². The largest absolute Gasteiger partial charge is 0.480 e. The van der Waals surface area contributed by atoms with Crippen LogP contribution in [0.1, 0.15) is 43.3 Å². The van der Waals surface area contributed by atoms with E-state index in [9.17, 15) is 19.2 Å². The normalized spacial score (nSPS) is 12.4. The summed E-state index contributed by atoms with van der Waals surface area (Å²) in [5.41, 5.74) is 1.73. The first kappa shape index (κ1) is 49.0. The Kier molecular flexibility index (Phi) is 25.5. The fourth-order valence-electron chi connectivity index (χ4n) is 3.41. The lowest BCUT2D eigenvalue weighted by atomic mass is 9.93. The molecule has 0 fully saturated rings. The molecular formula is C37H44O12S4. The van der Waals surface area contributed by atoms with Gasteiger partial charge in [-0.25, -0.2) is 0 Å². The first-order chi connectivity index (χ1) is 25.1. The molecule has 4 unspecified atom stereocenters. The highest BCUT2D eigenvalue weighted by molar-refractivity contribution is 7.81. The zero-order chi connectivity index (χ0) is 40.4. The van der Waals surface area contributed by atoms with Crippen LogP contribution < -0.4 is 0 Å². The van der Waals surface area contributed by atoms with E-state index in [0.717, 1.165) is 0 Å². The summed E-state index contributed by atoms with van der Waals surface area (Å²) in [6.45, 7) is -1.62. The summed E-state index contributed by atoms with van der Waals surface area (Å²) in [6.07, 6.45) is 0. The third kappa shape index (κ3) is 19.6. The Hall–Kier alpha value is -4.00. The molecule has 8 N–H and O–H groups in total. The van der Waals surface area contributed by atoms with Crippen LogP contribution in [0.15, 0.2) is 121 Å². The van der Waals surface area contributed by atoms with Gasteiger partial charge in [0.2, 0.25) is 0 Å². The molecule has 0 amide bonds. The van der Waals surface area contributed by atoms with Gasteiger partial charge in [0.05, 0.1) is 31.8 Å². The van der Waals surface area contributed by atoms with Crippen LogP contribution in [0.4, 0.5) is 0 Å². The Balaban J connectivity index is 0.000000639. The van der Waals surface area contributed by atoms with Crippen molar-refractivity contribution in [2.75, 3.05) is 26.4 Å². The van der Waals surface area contributed by atoms with E-state index in [4.69, 9.17) is 40.9 Å². The van der Waals surface area contributed by atoms with E-state index in [2.05, 4.69) is 50.5 Å². The molecule has 0 spiro atoms. The Morgan fingerprint density at radius 3 is 0.623 bits per heavy atom. The topological polar surface area (TPSA) is 230 Å². The maximum atomic E-state index is 10.4. The van der Waals surface area contributed by atoms with Crippen LogP contribution in [0.5, 0.6) is 0 Å². The SMILES string of the molecule is O=C(O)C(S)c1ccccc1.O=C(O)C(S)c1ccccc1.O=C(O)C(S)c1ccccc1.O=C(O)C(S)c1ccccc1.OCC(CO)(CO)CO. The fourth-order valence-corrected chi connectivity index (χ4v) is 4.10. The molecule has 12 nitrogen and oxygen atoms in total. The van der Waals surface area contributed by atoms with E-state index in [1.165, 1.54) is 0 Å². The molecule has 4 aromatic rings. The molecule has 0 bridgehead atoms. The molecule has 53 heavy (non-hydrogen) atoms. The maximum absolute atomic E-state index is 10.4. The molecule has 0 radical (unpaired) electrons. The molecule has 0 saturated carbocycles. The number of aliphatic hydroxyl groups is 4. The van der Waals surface area contributed by atoms with E-state index < -0.39 is 76.7 Å². The Bertz CT molecular complexity index is 1360. The number of carboxylic acids is 4. The number of carboxylic acid groups (broad SMARTS) is 4. The van der Waals surface area contributed by atoms with Crippen molar-refractivity contribution >= 4 is 74.4 Å². The number of thiol groups is 4.